The first-order valence-corrected chi connectivity index (χ1v) is 6.98. The molecule has 1 heterocycles. The zero-order valence-electron chi connectivity index (χ0n) is 11.6. The van der Waals surface area contributed by atoms with Gasteiger partial charge in [0.25, 0.3) is 5.56 Å². The normalized spacial score (nSPS) is 10.4. The number of aromatic nitrogens is 2. The fourth-order valence-corrected chi connectivity index (χ4v) is 2.02. The molecule has 0 aliphatic carbocycles. The number of nitrogens with zero attached hydrogens (tertiary/aromatic N) is 1. The number of H-pyrrole nitrogens is 1. The minimum absolute atomic E-state index is 0.135. The van der Waals surface area contributed by atoms with Crippen LogP contribution in [0.3, 0.4) is 0 Å². The van der Waals surface area contributed by atoms with Crippen LogP contribution < -0.4 is 10.3 Å². The molecule has 21 heavy (non-hydrogen) atoms. The predicted octanol–water partition coefficient (Wildman–Crippen LogP) is 2.53. The summed E-state index contributed by atoms with van der Waals surface area (Å²) in [5, 5.41) is 5.81. The van der Waals surface area contributed by atoms with E-state index in [0.717, 1.165) is 12.0 Å². The second-order valence-electron chi connectivity index (χ2n) is 4.48. The molecule has 0 aliphatic heterocycles. The first kappa shape index (κ1) is 15.3. The first-order valence-electron chi connectivity index (χ1n) is 6.61. The van der Waals surface area contributed by atoms with Crippen molar-refractivity contribution in [1.82, 2.24) is 10.2 Å². The van der Waals surface area contributed by atoms with Gasteiger partial charge >= 0.3 is 0 Å². The van der Waals surface area contributed by atoms with E-state index in [-0.39, 0.29) is 12.0 Å². The lowest BCUT2D eigenvalue weighted by molar-refractivity contribution is -0.111. The number of benzene rings is 1. The summed E-state index contributed by atoms with van der Waals surface area (Å²) in [7, 11) is 0. The third kappa shape index (κ3) is 3.92. The van der Waals surface area contributed by atoms with Crippen molar-refractivity contribution in [3.05, 3.63) is 46.2 Å². The van der Waals surface area contributed by atoms with Crippen molar-refractivity contribution >= 4 is 16.8 Å². The van der Waals surface area contributed by atoms with Gasteiger partial charge in [-0.05, 0) is 36.2 Å². The second kappa shape index (κ2) is 7.04. The molecule has 110 valence electrons. The fraction of sp³-hybridized carbons (Fsp3) is 0.267. The zero-order chi connectivity index (χ0) is 15.2. The molecular weight excluding hydrogens is 292 g/mol. The van der Waals surface area contributed by atoms with Crippen LogP contribution in [0.5, 0.6) is 5.75 Å². The zero-order valence-corrected chi connectivity index (χ0v) is 12.3. The summed E-state index contributed by atoms with van der Waals surface area (Å²) >= 11 is 5.35. The lowest BCUT2D eigenvalue weighted by Crippen LogP contribution is -2.16. The molecule has 0 amide bonds. The SMILES string of the molecule is CCCOc1ccccc1-c1cc(CC(=O)Cl)c(=O)[nH]n1. The molecule has 0 atom stereocenters. The Morgan fingerprint density at radius 2 is 2.14 bits per heavy atom. The van der Waals surface area contributed by atoms with Gasteiger partial charge in [-0.25, -0.2) is 5.10 Å². The summed E-state index contributed by atoms with van der Waals surface area (Å²) in [6.07, 6.45) is 0.754. The van der Waals surface area contributed by atoms with E-state index in [0.29, 0.717) is 18.1 Å². The number of halogens is 1. The minimum atomic E-state index is -0.590. The Kier molecular flexibility index (Phi) is 5.11. The van der Waals surface area contributed by atoms with E-state index >= 15 is 0 Å². The number of rotatable bonds is 6. The van der Waals surface area contributed by atoms with Crippen LogP contribution in [-0.2, 0) is 11.2 Å². The number of nitrogens with one attached hydrogen (secondary N) is 1. The summed E-state index contributed by atoms with van der Waals surface area (Å²) in [5.74, 6) is 0.682. The first-order chi connectivity index (χ1) is 10.1. The van der Waals surface area contributed by atoms with Gasteiger partial charge in [-0.15, -0.1) is 0 Å². The van der Waals surface area contributed by atoms with Crippen LogP contribution in [0.15, 0.2) is 35.1 Å². The third-order valence-corrected chi connectivity index (χ3v) is 2.97. The van der Waals surface area contributed by atoms with Gasteiger partial charge in [0.2, 0.25) is 5.24 Å². The Morgan fingerprint density at radius 3 is 2.86 bits per heavy atom. The van der Waals surface area contributed by atoms with E-state index < -0.39 is 10.8 Å². The van der Waals surface area contributed by atoms with Gasteiger partial charge in [0.05, 0.1) is 18.7 Å². The largest absolute Gasteiger partial charge is 0.493 e. The number of carbonyl (C=O) groups excluding carboxylic acids is 1. The summed E-state index contributed by atoms with van der Waals surface area (Å²) in [6.45, 7) is 2.61. The average molecular weight is 307 g/mol. The van der Waals surface area contributed by atoms with E-state index in [1.165, 1.54) is 0 Å². The molecule has 0 bridgehead atoms. The standard InChI is InChI=1S/C15H15ClN2O3/c1-2-7-21-13-6-4-3-5-11(13)12-8-10(9-14(16)19)15(20)18-17-12/h3-6,8H,2,7,9H2,1H3,(H,18,20). The van der Waals surface area contributed by atoms with Crippen LogP contribution >= 0.6 is 11.6 Å². The molecule has 0 saturated carbocycles. The molecule has 0 radical (unpaired) electrons. The lowest BCUT2D eigenvalue weighted by Gasteiger charge is -2.10. The number of ether oxygens (including phenoxy) is 1. The highest BCUT2D eigenvalue weighted by Crippen LogP contribution is 2.28. The van der Waals surface area contributed by atoms with Crippen LogP contribution in [-0.4, -0.2) is 22.0 Å². The van der Waals surface area contributed by atoms with Crippen LogP contribution in [0.25, 0.3) is 11.3 Å². The Labute approximate surface area is 126 Å². The van der Waals surface area contributed by atoms with Crippen LogP contribution in [0.2, 0.25) is 0 Å². The predicted molar refractivity (Wildman–Crippen MR) is 80.6 cm³/mol. The van der Waals surface area contributed by atoms with Crippen LogP contribution in [0, 0.1) is 0 Å². The van der Waals surface area contributed by atoms with Gasteiger partial charge in [0.15, 0.2) is 0 Å². The van der Waals surface area contributed by atoms with Crippen molar-refractivity contribution in [2.75, 3.05) is 6.61 Å². The van der Waals surface area contributed by atoms with Gasteiger partial charge < -0.3 is 4.74 Å². The Hall–Kier alpha value is -2.14. The quantitative estimate of drug-likeness (QED) is 0.832. The molecule has 1 aromatic heterocycles. The Bertz CT molecular complexity index is 697. The highest BCUT2D eigenvalue weighted by molar-refractivity contribution is 6.63. The molecule has 0 fully saturated rings. The van der Waals surface area contributed by atoms with Crippen molar-refractivity contribution in [1.29, 1.82) is 0 Å². The maximum absolute atomic E-state index is 11.6. The number of para-hydroxylation sites is 1. The van der Waals surface area contributed by atoms with Crippen molar-refractivity contribution in [2.45, 2.75) is 19.8 Å². The Balaban J connectivity index is 2.42. The second-order valence-corrected chi connectivity index (χ2v) is 4.91. The highest BCUT2D eigenvalue weighted by Gasteiger charge is 2.11. The molecule has 0 saturated heterocycles. The topological polar surface area (TPSA) is 72.1 Å². The van der Waals surface area contributed by atoms with Gasteiger partial charge in [-0.2, -0.15) is 5.10 Å². The maximum Gasteiger partial charge on any atom is 0.267 e. The number of aromatic amines is 1. The van der Waals surface area contributed by atoms with Gasteiger partial charge in [-0.3, -0.25) is 9.59 Å². The van der Waals surface area contributed by atoms with Gasteiger partial charge in [0, 0.05) is 11.1 Å². The van der Waals surface area contributed by atoms with E-state index in [4.69, 9.17) is 16.3 Å². The molecule has 1 aromatic carbocycles. The summed E-state index contributed by atoms with van der Waals surface area (Å²) < 4.78 is 5.67. The molecule has 0 spiro atoms. The molecule has 1 N–H and O–H groups in total. The summed E-state index contributed by atoms with van der Waals surface area (Å²) in [6, 6.07) is 8.96. The average Bonchev–Trinajstić information content (AvgIpc) is 2.47. The molecule has 5 nitrogen and oxygen atoms in total. The summed E-state index contributed by atoms with van der Waals surface area (Å²) in [5.41, 5.74) is 1.16. The highest BCUT2D eigenvalue weighted by atomic mass is 35.5. The van der Waals surface area contributed by atoms with E-state index in [2.05, 4.69) is 10.2 Å². The molecule has 2 rings (SSSR count). The van der Waals surface area contributed by atoms with Crippen molar-refractivity contribution in [2.24, 2.45) is 0 Å². The number of hydrogen-bond donors (Lipinski definition) is 1. The van der Waals surface area contributed by atoms with Gasteiger partial charge in [-0.1, -0.05) is 19.1 Å². The van der Waals surface area contributed by atoms with Crippen molar-refractivity contribution in [3.8, 4) is 17.0 Å². The molecule has 6 heteroatoms. The Morgan fingerprint density at radius 1 is 1.38 bits per heavy atom. The monoisotopic (exact) mass is 306 g/mol. The van der Waals surface area contributed by atoms with Crippen LogP contribution in [0.4, 0.5) is 0 Å². The van der Waals surface area contributed by atoms with Crippen molar-refractivity contribution in [3.63, 3.8) is 0 Å². The molecule has 0 unspecified atom stereocenters. The smallest absolute Gasteiger partial charge is 0.267 e. The van der Waals surface area contributed by atoms with E-state index in [1.54, 1.807) is 6.07 Å². The summed E-state index contributed by atoms with van der Waals surface area (Å²) in [4.78, 5) is 22.6. The third-order valence-electron chi connectivity index (χ3n) is 2.83. The maximum atomic E-state index is 11.6. The number of hydrogen-bond acceptors (Lipinski definition) is 4. The van der Waals surface area contributed by atoms with E-state index in [9.17, 15) is 9.59 Å². The molecule has 0 aliphatic rings. The fourth-order valence-electron chi connectivity index (χ4n) is 1.88. The van der Waals surface area contributed by atoms with E-state index in [1.807, 2.05) is 31.2 Å². The van der Waals surface area contributed by atoms with Crippen molar-refractivity contribution < 1.29 is 9.53 Å². The minimum Gasteiger partial charge on any atom is -0.493 e. The number of carbonyl (C=O) groups is 1. The van der Waals surface area contributed by atoms with Gasteiger partial charge in [0.1, 0.15) is 5.75 Å². The molecular formula is C15H15ClN2O3. The lowest BCUT2D eigenvalue weighted by atomic mass is 10.1. The molecule has 2 aromatic rings. The van der Waals surface area contributed by atoms with Crippen LogP contribution in [0.1, 0.15) is 18.9 Å².